The second-order valence-corrected chi connectivity index (χ2v) is 4.16. The van der Waals surface area contributed by atoms with Gasteiger partial charge in [0, 0.05) is 0 Å². The summed E-state index contributed by atoms with van der Waals surface area (Å²) in [5, 5.41) is 0. The highest BCUT2D eigenvalue weighted by Gasteiger charge is 2.22. The van der Waals surface area contributed by atoms with Crippen LogP contribution >= 0.6 is 0 Å². The molecule has 0 fully saturated rings. The van der Waals surface area contributed by atoms with Crippen molar-refractivity contribution in [2.75, 3.05) is 6.54 Å². The number of hydrogen-bond donors (Lipinski definition) is 1. The topological polar surface area (TPSA) is 26.0 Å². The molecule has 0 rings (SSSR count). The molecule has 0 aromatic heterocycles. The van der Waals surface area contributed by atoms with Gasteiger partial charge in [0.1, 0.15) is 0 Å². The number of unbranched alkanes of at least 4 members (excludes halogenated alkanes) is 2. The lowest BCUT2D eigenvalue weighted by molar-refractivity contribution is 0.220. The summed E-state index contributed by atoms with van der Waals surface area (Å²) in [5.41, 5.74) is 6.11. The summed E-state index contributed by atoms with van der Waals surface area (Å²) in [6, 6.07) is 0. The lowest BCUT2D eigenvalue weighted by atomic mass is 9.76. The zero-order valence-corrected chi connectivity index (χ0v) is 9.73. The zero-order chi connectivity index (χ0) is 10.2. The van der Waals surface area contributed by atoms with Crippen molar-refractivity contribution in [3.05, 3.63) is 0 Å². The third-order valence-electron chi connectivity index (χ3n) is 3.66. The summed E-state index contributed by atoms with van der Waals surface area (Å²) in [6.07, 6.45) is 9.29. The van der Waals surface area contributed by atoms with E-state index in [2.05, 4.69) is 20.8 Å². The fraction of sp³-hybridized carbons (Fsp3) is 1.00. The van der Waals surface area contributed by atoms with Gasteiger partial charge >= 0.3 is 0 Å². The average Bonchev–Trinajstić information content (AvgIpc) is 2.20. The van der Waals surface area contributed by atoms with Gasteiger partial charge in [0.2, 0.25) is 0 Å². The van der Waals surface area contributed by atoms with Crippen LogP contribution in [0.1, 0.15) is 65.7 Å². The first-order valence-corrected chi connectivity index (χ1v) is 5.94. The third kappa shape index (κ3) is 4.66. The van der Waals surface area contributed by atoms with Crippen molar-refractivity contribution in [3.63, 3.8) is 0 Å². The fourth-order valence-corrected chi connectivity index (χ4v) is 2.10. The smallest absolute Gasteiger partial charge is 0.00773 e. The first-order chi connectivity index (χ1) is 6.24. The van der Waals surface area contributed by atoms with Crippen LogP contribution in [0.5, 0.6) is 0 Å². The highest BCUT2D eigenvalue weighted by Crippen LogP contribution is 2.35. The molecule has 2 N–H and O–H groups in total. The summed E-state index contributed by atoms with van der Waals surface area (Å²) in [7, 11) is 0. The molecule has 0 unspecified atom stereocenters. The molecule has 0 aliphatic rings. The quantitative estimate of drug-likeness (QED) is 0.573. The zero-order valence-electron chi connectivity index (χ0n) is 9.73. The molecule has 0 spiro atoms. The Morgan fingerprint density at radius 2 is 1.38 bits per heavy atom. The molecule has 0 aliphatic carbocycles. The summed E-state index contributed by atoms with van der Waals surface area (Å²) >= 11 is 0. The van der Waals surface area contributed by atoms with Gasteiger partial charge in [0.25, 0.3) is 0 Å². The maximum absolute atomic E-state index is 5.48. The monoisotopic (exact) mass is 185 g/mol. The van der Waals surface area contributed by atoms with Crippen LogP contribution in [0.4, 0.5) is 0 Å². The molecule has 0 saturated carbocycles. The second-order valence-electron chi connectivity index (χ2n) is 4.16. The largest absolute Gasteiger partial charge is 0.330 e. The van der Waals surface area contributed by atoms with Gasteiger partial charge in [-0.2, -0.15) is 0 Å². The lowest BCUT2D eigenvalue weighted by Gasteiger charge is -2.30. The Hall–Kier alpha value is -0.0400. The fourth-order valence-electron chi connectivity index (χ4n) is 2.10. The van der Waals surface area contributed by atoms with Crippen LogP contribution in [0.15, 0.2) is 0 Å². The molecule has 1 nitrogen and oxygen atoms in total. The van der Waals surface area contributed by atoms with Crippen LogP contribution in [-0.2, 0) is 0 Å². The summed E-state index contributed by atoms with van der Waals surface area (Å²) < 4.78 is 0. The van der Waals surface area contributed by atoms with Crippen LogP contribution in [0, 0.1) is 5.41 Å². The van der Waals surface area contributed by atoms with E-state index in [0.29, 0.717) is 5.41 Å². The third-order valence-corrected chi connectivity index (χ3v) is 3.66. The Morgan fingerprint density at radius 3 is 1.77 bits per heavy atom. The molecule has 0 radical (unpaired) electrons. The lowest BCUT2D eigenvalue weighted by Crippen LogP contribution is -2.17. The van der Waals surface area contributed by atoms with E-state index in [-0.39, 0.29) is 0 Å². The first-order valence-electron chi connectivity index (χ1n) is 5.94. The SMILES string of the molecule is CCC(CC)(CC)CCCCCN. The van der Waals surface area contributed by atoms with E-state index in [4.69, 9.17) is 5.73 Å². The predicted molar refractivity (Wildman–Crippen MR) is 60.8 cm³/mol. The van der Waals surface area contributed by atoms with Crippen LogP contribution in [0.25, 0.3) is 0 Å². The minimum absolute atomic E-state index is 0.634. The van der Waals surface area contributed by atoms with Gasteiger partial charge in [-0.25, -0.2) is 0 Å². The van der Waals surface area contributed by atoms with Gasteiger partial charge in [-0.1, -0.05) is 52.9 Å². The maximum atomic E-state index is 5.48. The molecule has 0 aromatic carbocycles. The molecule has 0 aliphatic heterocycles. The van der Waals surface area contributed by atoms with Crippen molar-refractivity contribution in [2.24, 2.45) is 11.1 Å². The van der Waals surface area contributed by atoms with Gasteiger partial charge in [-0.15, -0.1) is 0 Å². The van der Waals surface area contributed by atoms with Crippen LogP contribution in [-0.4, -0.2) is 6.54 Å². The molecule has 13 heavy (non-hydrogen) atoms. The summed E-state index contributed by atoms with van der Waals surface area (Å²) in [4.78, 5) is 0. The van der Waals surface area contributed by atoms with Gasteiger partial charge in [0.05, 0.1) is 0 Å². The summed E-state index contributed by atoms with van der Waals surface area (Å²) in [6.45, 7) is 7.85. The molecule has 0 bridgehead atoms. The molecule has 1 heteroatoms. The molecule has 80 valence electrons. The summed E-state index contributed by atoms with van der Waals surface area (Å²) in [5.74, 6) is 0. The standard InChI is InChI=1S/C12H27N/c1-4-12(5-2,6-3)10-8-7-9-11-13/h4-11,13H2,1-3H3. The van der Waals surface area contributed by atoms with E-state index in [0.717, 1.165) is 6.54 Å². The van der Waals surface area contributed by atoms with Gasteiger partial charge in [0.15, 0.2) is 0 Å². The molecular formula is C12H27N. The van der Waals surface area contributed by atoms with Gasteiger partial charge < -0.3 is 5.73 Å². The van der Waals surface area contributed by atoms with Crippen LogP contribution in [0.3, 0.4) is 0 Å². The molecule has 0 aromatic rings. The van der Waals surface area contributed by atoms with E-state index in [9.17, 15) is 0 Å². The Balaban J connectivity index is 3.68. The highest BCUT2D eigenvalue weighted by molar-refractivity contribution is 4.74. The van der Waals surface area contributed by atoms with E-state index in [1.807, 2.05) is 0 Å². The van der Waals surface area contributed by atoms with Crippen LogP contribution < -0.4 is 5.73 Å². The highest BCUT2D eigenvalue weighted by atomic mass is 14.5. The van der Waals surface area contributed by atoms with Gasteiger partial charge in [-0.3, -0.25) is 0 Å². The Kier molecular flexibility index (Phi) is 7.35. The van der Waals surface area contributed by atoms with Crippen molar-refractivity contribution < 1.29 is 0 Å². The van der Waals surface area contributed by atoms with Crippen molar-refractivity contribution in [1.29, 1.82) is 0 Å². The number of rotatable bonds is 8. The second kappa shape index (κ2) is 7.37. The van der Waals surface area contributed by atoms with Gasteiger partial charge in [-0.05, 0) is 24.8 Å². The minimum Gasteiger partial charge on any atom is -0.330 e. The van der Waals surface area contributed by atoms with E-state index >= 15 is 0 Å². The molecule has 0 heterocycles. The molecular weight excluding hydrogens is 158 g/mol. The van der Waals surface area contributed by atoms with E-state index in [1.165, 1.54) is 44.9 Å². The molecule has 0 amide bonds. The normalized spacial score (nSPS) is 12.0. The molecule has 0 saturated heterocycles. The Morgan fingerprint density at radius 1 is 0.846 bits per heavy atom. The van der Waals surface area contributed by atoms with Crippen molar-refractivity contribution in [3.8, 4) is 0 Å². The maximum Gasteiger partial charge on any atom is -0.00773 e. The van der Waals surface area contributed by atoms with Crippen molar-refractivity contribution in [2.45, 2.75) is 65.7 Å². The Labute approximate surface area is 84.1 Å². The van der Waals surface area contributed by atoms with Crippen molar-refractivity contribution in [1.82, 2.24) is 0 Å². The minimum atomic E-state index is 0.634. The van der Waals surface area contributed by atoms with E-state index < -0.39 is 0 Å². The van der Waals surface area contributed by atoms with Crippen molar-refractivity contribution >= 4 is 0 Å². The predicted octanol–water partition coefficient (Wildman–Crippen LogP) is 3.72. The van der Waals surface area contributed by atoms with E-state index in [1.54, 1.807) is 0 Å². The number of nitrogens with two attached hydrogens (primary N) is 1. The Bertz CT molecular complexity index is 97.4. The number of hydrogen-bond acceptors (Lipinski definition) is 1. The molecule has 0 atom stereocenters. The first kappa shape index (κ1) is 13.0. The van der Waals surface area contributed by atoms with Crippen LogP contribution in [0.2, 0.25) is 0 Å². The average molecular weight is 185 g/mol.